The van der Waals surface area contributed by atoms with Crippen LogP contribution in [0.15, 0.2) is 48.5 Å². The van der Waals surface area contributed by atoms with Crippen LogP contribution in [0.3, 0.4) is 0 Å². The van der Waals surface area contributed by atoms with E-state index in [4.69, 9.17) is 14.2 Å². The lowest BCUT2D eigenvalue weighted by Crippen LogP contribution is -2.53. The lowest BCUT2D eigenvalue weighted by molar-refractivity contribution is 0.0827. The Balaban J connectivity index is 1.44. The molecule has 0 aliphatic carbocycles. The number of aryl methyl sites for hydroxylation is 1. The second-order valence-corrected chi connectivity index (χ2v) is 6.91. The lowest BCUT2D eigenvalue weighted by atomic mass is 10.1. The number of carbonyl (C=O) groups excluding carboxylic acids is 1. The predicted octanol–water partition coefficient (Wildman–Crippen LogP) is 3.38. The summed E-state index contributed by atoms with van der Waals surface area (Å²) in [5, 5.41) is 3.45. The van der Waals surface area contributed by atoms with Crippen molar-refractivity contribution in [2.75, 3.05) is 33.4 Å². The minimum atomic E-state index is -0.264. The quantitative estimate of drug-likeness (QED) is 0.793. The van der Waals surface area contributed by atoms with Crippen LogP contribution in [0.2, 0.25) is 0 Å². The fourth-order valence-corrected chi connectivity index (χ4v) is 3.17. The highest BCUT2D eigenvalue weighted by atomic mass is 16.6. The molecule has 0 saturated carbocycles. The molecule has 0 aromatic heterocycles. The Hall–Kier alpha value is -2.73. The van der Waals surface area contributed by atoms with Gasteiger partial charge in [0, 0.05) is 31.7 Å². The number of amides is 1. The van der Waals surface area contributed by atoms with E-state index in [9.17, 15) is 4.79 Å². The number of nitrogens with one attached hydrogen (secondary N) is 1. The molecule has 0 bridgehead atoms. The van der Waals surface area contributed by atoms with Crippen LogP contribution >= 0.6 is 0 Å². The molecule has 1 aliphatic rings. The normalized spacial score (nSPS) is 16.5. The van der Waals surface area contributed by atoms with Gasteiger partial charge in [0.15, 0.2) is 0 Å². The van der Waals surface area contributed by atoms with Gasteiger partial charge in [-0.2, -0.15) is 0 Å². The molecular formula is C22H28N2O4. The second-order valence-electron chi connectivity index (χ2n) is 6.91. The summed E-state index contributed by atoms with van der Waals surface area (Å²) in [6.07, 6.45) is 0.541. The lowest BCUT2D eigenvalue weighted by Gasteiger charge is -2.33. The molecule has 2 aromatic carbocycles. The first-order chi connectivity index (χ1) is 13.7. The standard InChI is InChI=1S/C22H28N2O4/c1-17-8-9-20(26-2)14-21(17)27-13-10-19-15-24(12-11-23-19)22(25)28-16-18-6-4-3-5-7-18/h3-9,14,19,23H,10-13,15-16H2,1-2H3. The molecule has 1 aliphatic heterocycles. The van der Waals surface area contributed by atoms with Gasteiger partial charge in [-0.15, -0.1) is 0 Å². The molecular weight excluding hydrogens is 356 g/mol. The molecule has 1 atom stereocenters. The zero-order valence-corrected chi connectivity index (χ0v) is 16.5. The number of piperazine rings is 1. The number of methoxy groups -OCH3 is 1. The van der Waals surface area contributed by atoms with Crippen LogP contribution in [0.4, 0.5) is 4.79 Å². The molecule has 1 saturated heterocycles. The first kappa shape index (κ1) is 20.0. The van der Waals surface area contributed by atoms with Gasteiger partial charge in [0.25, 0.3) is 0 Å². The molecule has 6 heteroatoms. The van der Waals surface area contributed by atoms with Crippen LogP contribution in [-0.4, -0.2) is 50.4 Å². The van der Waals surface area contributed by atoms with Crippen LogP contribution in [0.25, 0.3) is 0 Å². The Morgan fingerprint density at radius 2 is 2.04 bits per heavy atom. The maximum Gasteiger partial charge on any atom is 0.410 e. The van der Waals surface area contributed by atoms with Crippen molar-refractivity contribution in [2.45, 2.75) is 26.0 Å². The van der Waals surface area contributed by atoms with Crippen molar-refractivity contribution < 1.29 is 19.0 Å². The van der Waals surface area contributed by atoms with E-state index in [1.807, 2.05) is 55.5 Å². The van der Waals surface area contributed by atoms with Crippen LogP contribution in [0, 0.1) is 6.92 Å². The first-order valence-electron chi connectivity index (χ1n) is 9.62. The van der Waals surface area contributed by atoms with E-state index in [0.29, 0.717) is 26.3 Å². The van der Waals surface area contributed by atoms with E-state index < -0.39 is 0 Å². The van der Waals surface area contributed by atoms with Gasteiger partial charge in [-0.1, -0.05) is 36.4 Å². The Morgan fingerprint density at radius 1 is 1.21 bits per heavy atom. The highest BCUT2D eigenvalue weighted by molar-refractivity contribution is 5.67. The van der Waals surface area contributed by atoms with Crippen LogP contribution in [-0.2, 0) is 11.3 Å². The number of ether oxygens (including phenoxy) is 3. The van der Waals surface area contributed by atoms with E-state index in [-0.39, 0.29) is 12.1 Å². The highest BCUT2D eigenvalue weighted by Crippen LogP contribution is 2.24. The smallest absolute Gasteiger partial charge is 0.410 e. The molecule has 2 aromatic rings. The third-order valence-electron chi connectivity index (χ3n) is 4.84. The molecule has 1 fully saturated rings. The number of hydrogen-bond acceptors (Lipinski definition) is 5. The molecule has 1 unspecified atom stereocenters. The summed E-state index contributed by atoms with van der Waals surface area (Å²) in [6, 6.07) is 15.7. The zero-order valence-electron chi connectivity index (χ0n) is 16.5. The van der Waals surface area contributed by atoms with Gasteiger partial charge in [-0.25, -0.2) is 4.79 Å². The number of benzene rings is 2. The number of carbonyl (C=O) groups is 1. The average molecular weight is 384 g/mol. The number of rotatable bonds is 7. The summed E-state index contributed by atoms with van der Waals surface area (Å²) in [4.78, 5) is 14.1. The summed E-state index contributed by atoms with van der Waals surface area (Å²) >= 11 is 0. The van der Waals surface area contributed by atoms with Gasteiger partial charge in [0.1, 0.15) is 18.1 Å². The van der Waals surface area contributed by atoms with Crippen molar-refractivity contribution in [3.8, 4) is 11.5 Å². The van der Waals surface area contributed by atoms with Gasteiger partial charge >= 0.3 is 6.09 Å². The highest BCUT2D eigenvalue weighted by Gasteiger charge is 2.24. The third kappa shape index (κ3) is 5.63. The van der Waals surface area contributed by atoms with Crippen molar-refractivity contribution in [3.63, 3.8) is 0 Å². The molecule has 0 spiro atoms. The first-order valence-corrected chi connectivity index (χ1v) is 9.62. The maximum atomic E-state index is 12.4. The minimum absolute atomic E-state index is 0.184. The molecule has 0 radical (unpaired) electrons. The van der Waals surface area contributed by atoms with Crippen LogP contribution in [0.5, 0.6) is 11.5 Å². The Bertz CT molecular complexity index is 766. The molecule has 1 N–H and O–H groups in total. The minimum Gasteiger partial charge on any atom is -0.497 e. The van der Waals surface area contributed by atoms with E-state index in [1.165, 1.54) is 0 Å². The monoisotopic (exact) mass is 384 g/mol. The van der Waals surface area contributed by atoms with Crippen molar-refractivity contribution in [1.29, 1.82) is 0 Å². The number of hydrogen-bond donors (Lipinski definition) is 1. The van der Waals surface area contributed by atoms with Gasteiger partial charge in [0.2, 0.25) is 0 Å². The zero-order chi connectivity index (χ0) is 19.8. The predicted molar refractivity (Wildman–Crippen MR) is 108 cm³/mol. The SMILES string of the molecule is COc1ccc(C)c(OCCC2CN(C(=O)OCc3ccccc3)CCN2)c1. The van der Waals surface area contributed by atoms with Crippen LogP contribution < -0.4 is 14.8 Å². The third-order valence-corrected chi connectivity index (χ3v) is 4.84. The largest absolute Gasteiger partial charge is 0.497 e. The molecule has 1 heterocycles. The Labute approximate surface area is 166 Å². The summed E-state index contributed by atoms with van der Waals surface area (Å²) in [5.74, 6) is 1.61. The van der Waals surface area contributed by atoms with E-state index in [2.05, 4.69) is 5.32 Å². The molecule has 6 nitrogen and oxygen atoms in total. The summed E-state index contributed by atoms with van der Waals surface area (Å²) in [7, 11) is 1.64. The van der Waals surface area contributed by atoms with E-state index in [0.717, 1.165) is 35.6 Å². The van der Waals surface area contributed by atoms with Gasteiger partial charge in [0.05, 0.1) is 13.7 Å². The summed E-state index contributed by atoms with van der Waals surface area (Å²) in [6.45, 7) is 4.90. The average Bonchev–Trinajstić information content (AvgIpc) is 2.74. The topological polar surface area (TPSA) is 60.0 Å². The molecule has 3 rings (SSSR count). The Morgan fingerprint density at radius 3 is 2.82 bits per heavy atom. The maximum absolute atomic E-state index is 12.4. The van der Waals surface area contributed by atoms with E-state index in [1.54, 1.807) is 12.0 Å². The molecule has 1 amide bonds. The van der Waals surface area contributed by atoms with Crippen molar-refractivity contribution in [2.24, 2.45) is 0 Å². The van der Waals surface area contributed by atoms with Crippen molar-refractivity contribution in [1.82, 2.24) is 10.2 Å². The van der Waals surface area contributed by atoms with Gasteiger partial charge in [-0.3, -0.25) is 0 Å². The van der Waals surface area contributed by atoms with E-state index >= 15 is 0 Å². The van der Waals surface area contributed by atoms with Crippen molar-refractivity contribution >= 4 is 6.09 Å². The molecule has 28 heavy (non-hydrogen) atoms. The summed E-state index contributed by atoms with van der Waals surface area (Å²) in [5.41, 5.74) is 2.06. The molecule has 150 valence electrons. The second kappa shape index (κ2) is 9.99. The number of nitrogens with zero attached hydrogens (tertiary/aromatic N) is 1. The van der Waals surface area contributed by atoms with Crippen molar-refractivity contribution in [3.05, 3.63) is 59.7 Å². The van der Waals surface area contributed by atoms with Gasteiger partial charge in [-0.05, 0) is 30.5 Å². The summed E-state index contributed by atoms with van der Waals surface area (Å²) < 4.78 is 16.6. The fraction of sp³-hybridized carbons (Fsp3) is 0.409. The Kier molecular flexibility index (Phi) is 7.14. The fourth-order valence-electron chi connectivity index (χ4n) is 3.17. The van der Waals surface area contributed by atoms with Crippen LogP contribution in [0.1, 0.15) is 17.5 Å². The van der Waals surface area contributed by atoms with Gasteiger partial charge < -0.3 is 24.4 Å².